The average Bonchev–Trinajstić information content (AvgIpc) is 3.23. The number of hydrogen-bond donors (Lipinski definition) is 2. The summed E-state index contributed by atoms with van der Waals surface area (Å²) >= 11 is 0. The van der Waals surface area contributed by atoms with Crippen molar-refractivity contribution in [3.05, 3.63) is 35.4 Å². The van der Waals surface area contributed by atoms with Gasteiger partial charge in [-0.1, -0.05) is 24.3 Å². The summed E-state index contributed by atoms with van der Waals surface area (Å²) in [6.45, 7) is 0.513. The molecule has 0 aliphatic heterocycles. The molecule has 0 spiro atoms. The van der Waals surface area contributed by atoms with Crippen molar-refractivity contribution in [2.45, 2.75) is 31.2 Å². The van der Waals surface area contributed by atoms with E-state index >= 15 is 0 Å². The van der Waals surface area contributed by atoms with Gasteiger partial charge in [0.2, 0.25) is 5.91 Å². The first-order valence-electron chi connectivity index (χ1n) is 7.74. The van der Waals surface area contributed by atoms with E-state index < -0.39 is 0 Å². The van der Waals surface area contributed by atoms with Crippen LogP contribution in [0, 0.1) is 11.8 Å². The molecule has 1 amide bonds. The molecule has 0 bridgehead atoms. The monoisotopic (exact) mass is 289 g/mol. The van der Waals surface area contributed by atoms with E-state index in [4.69, 9.17) is 9.84 Å². The van der Waals surface area contributed by atoms with Crippen molar-refractivity contribution in [1.29, 1.82) is 0 Å². The molecule has 1 fully saturated rings. The second kappa shape index (κ2) is 6.16. The number of hydrogen-bond acceptors (Lipinski definition) is 3. The normalized spacial score (nSPS) is 27.4. The second-order valence-electron chi connectivity index (χ2n) is 6.13. The zero-order chi connectivity index (χ0) is 14.8. The van der Waals surface area contributed by atoms with Crippen LogP contribution in [0.25, 0.3) is 0 Å². The highest BCUT2D eigenvalue weighted by molar-refractivity contribution is 5.84. The van der Waals surface area contributed by atoms with Crippen LogP contribution in [-0.2, 0) is 16.0 Å². The van der Waals surface area contributed by atoms with E-state index in [0.29, 0.717) is 24.9 Å². The number of carbonyl (C=O) groups is 1. The summed E-state index contributed by atoms with van der Waals surface area (Å²) in [6, 6.07) is 8.39. The Morgan fingerprint density at radius 1 is 1.48 bits per heavy atom. The maximum absolute atomic E-state index is 12.5. The smallest absolute Gasteiger partial charge is 0.224 e. The fourth-order valence-corrected chi connectivity index (χ4v) is 3.78. The van der Waals surface area contributed by atoms with Crippen molar-refractivity contribution in [2.75, 3.05) is 20.3 Å². The number of fused-ring (bicyclic) bond motifs is 3. The van der Waals surface area contributed by atoms with Crippen LogP contribution in [-0.4, -0.2) is 37.4 Å². The van der Waals surface area contributed by atoms with Crippen molar-refractivity contribution in [2.24, 2.45) is 11.8 Å². The molecule has 4 unspecified atom stereocenters. The first kappa shape index (κ1) is 14.5. The first-order valence-corrected chi connectivity index (χ1v) is 7.74. The van der Waals surface area contributed by atoms with Gasteiger partial charge in [0.1, 0.15) is 0 Å². The number of amides is 1. The lowest BCUT2D eigenvalue weighted by Crippen LogP contribution is -2.40. The number of aliphatic hydroxyl groups excluding tert-OH is 1. The van der Waals surface area contributed by atoms with Gasteiger partial charge < -0.3 is 15.2 Å². The molecule has 4 atom stereocenters. The van der Waals surface area contributed by atoms with E-state index in [2.05, 4.69) is 29.6 Å². The number of benzene rings is 1. The van der Waals surface area contributed by atoms with Gasteiger partial charge in [-0.15, -0.1) is 0 Å². The number of methoxy groups -OCH3 is 1. The van der Waals surface area contributed by atoms with Crippen LogP contribution in [0.2, 0.25) is 0 Å². The van der Waals surface area contributed by atoms with Crippen LogP contribution in [0.1, 0.15) is 29.9 Å². The topological polar surface area (TPSA) is 58.6 Å². The zero-order valence-electron chi connectivity index (χ0n) is 12.4. The molecule has 2 N–H and O–H groups in total. The SMILES string of the molecule is COCC(CCO)NC(=O)C1C2CCc3ccccc3C21. The minimum absolute atomic E-state index is 0.0642. The fourth-order valence-electron chi connectivity index (χ4n) is 3.78. The Morgan fingerprint density at radius 3 is 3.05 bits per heavy atom. The van der Waals surface area contributed by atoms with Gasteiger partial charge >= 0.3 is 0 Å². The Morgan fingerprint density at radius 2 is 2.29 bits per heavy atom. The van der Waals surface area contributed by atoms with Crippen LogP contribution in [0.5, 0.6) is 0 Å². The van der Waals surface area contributed by atoms with Crippen LogP contribution >= 0.6 is 0 Å². The molecule has 21 heavy (non-hydrogen) atoms. The van der Waals surface area contributed by atoms with Crippen molar-refractivity contribution in [3.63, 3.8) is 0 Å². The van der Waals surface area contributed by atoms with Crippen LogP contribution in [0.4, 0.5) is 0 Å². The molecule has 2 aliphatic carbocycles. The summed E-state index contributed by atoms with van der Waals surface area (Å²) in [6.07, 6.45) is 2.73. The zero-order valence-corrected chi connectivity index (χ0v) is 12.4. The summed E-state index contributed by atoms with van der Waals surface area (Å²) in [5.41, 5.74) is 2.76. The fraction of sp³-hybridized carbons (Fsp3) is 0.588. The van der Waals surface area contributed by atoms with E-state index in [1.165, 1.54) is 11.1 Å². The lowest BCUT2D eigenvalue weighted by Gasteiger charge is -2.17. The van der Waals surface area contributed by atoms with E-state index in [-0.39, 0.29) is 24.5 Å². The summed E-state index contributed by atoms with van der Waals surface area (Å²) in [4.78, 5) is 12.5. The Kier molecular flexibility index (Phi) is 4.27. The molecule has 114 valence electrons. The quantitative estimate of drug-likeness (QED) is 0.834. The molecule has 0 saturated heterocycles. The number of carbonyl (C=O) groups excluding carboxylic acids is 1. The summed E-state index contributed by atoms with van der Waals surface area (Å²) < 4.78 is 5.11. The van der Waals surface area contributed by atoms with Crippen LogP contribution in [0.3, 0.4) is 0 Å². The molecular weight excluding hydrogens is 266 g/mol. The van der Waals surface area contributed by atoms with Gasteiger partial charge in [-0.25, -0.2) is 0 Å². The largest absolute Gasteiger partial charge is 0.396 e. The van der Waals surface area contributed by atoms with E-state index in [1.54, 1.807) is 7.11 Å². The van der Waals surface area contributed by atoms with Gasteiger partial charge in [-0.05, 0) is 42.2 Å². The van der Waals surface area contributed by atoms with Crippen molar-refractivity contribution in [3.8, 4) is 0 Å². The first-order chi connectivity index (χ1) is 10.3. The Balaban J connectivity index is 1.65. The Hall–Kier alpha value is -1.39. The van der Waals surface area contributed by atoms with E-state index in [1.807, 2.05) is 0 Å². The molecule has 0 heterocycles. The summed E-state index contributed by atoms with van der Waals surface area (Å²) in [5.74, 6) is 1.12. The Bertz CT molecular complexity index is 511. The molecule has 2 aliphatic rings. The molecule has 1 aromatic rings. The second-order valence-corrected chi connectivity index (χ2v) is 6.13. The van der Waals surface area contributed by atoms with Crippen molar-refractivity contribution < 1.29 is 14.6 Å². The molecule has 0 radical (unpaired) electrons. The molecule has 1 aromatic carbocycles. The summed E-state index contributed by atoms with van der Waals surface area (Å²) in [5, 5.41) is 12.1. The molecule has 1 saturated carbocycles. The highest BCUT2D eigenvalue weighted by Crippen LogP contribution is 2.59. The van der Waals surface area contributed by atoms with E-state index in [9.17, 15) is 4.79 Å². The number of aryl methyl sites for hydroxylation is 1. The highest BCUT2D eigenvalue weighted by atomic mass is 16.5. The third-order valence-electron chi connectivity index (χ3n) is 4.82. The minimum atomic E-state index is -0.0922. The van der Waals surface area contributed by atoms with Crippen LogP contribution < -0.4 is 5.32 Å². The number of rotatable bonds is 6. The lowest BCUT2D eigenvalue weighted by atomic mass is 9.92. The van der Waals surface area contributed by atoms with Gasteiger partial charge in [0, 0.05) is 19.6 Å². The van der Waals surface area contributed by atoms with Crippen molar-refractivity contribution >= 4 is 5.91 Å². The molecule has 4 heteroatoms. The van der Waals surface area contributed by atoms with E-state index in [0.717, 1.165) is 12.8 Å². The minimum Gasteiger partial charge on any atom is -0.396 e. The standard InChI is InChI=1S/C17H23NO3/c1-21-10-12(8-9-19)18-17(20)16-14-7-6-11-4-2-3-5-13(11)15(14)16/h2-5,12,14-16,19H,6-10H2,1H3,(H,18,20). The maximum atomic E-state index is 12.5. The number of nitrogens with one attached hydrogen (secondary N) is 1. The predicted molar refractivity (Wildman–Crippen MR) is 80.0 cm³/mol. The van der Waals surface area contributed by atoms with Gasteiger partial charge in [0.05, 0.1) is 12.6 Å². The van der Waals surface area contributed by atoms with Gasteiger partial charge in [0.15, 0.2) is 0 Å². The third kappa shape index (κ3) is 2.83. The van der Waals surface area contributed by atoms with Gasteiger partial charge in [0.25, 0.3) is 0 Å². The van der Waals surface area contributed by atoms with Gasteiger partial charge in [-0.2, -0.15) is 0 Å². The molecule has 4 nitrogen and oxygen atoms in total. The molecular formula is C17H23NO3. The average molecular weight is 289 g/mol. The van der Waals surface area contributed by atoms with Crippen LogP contribution in [0.15, 0.2) is 24.3 Å². The van der Waals surface area contributed by atoms with Gasteiger partial charge in [-0.3, -0.25) is 4.79 Å². The van der Waals surface area contributed by atoms with Crippen molar-refractivity contribution in [1.82, 2.24) is 5.32 Å². The maximum Gasteiger partial charge on any atom is 0.224 e. The highest BCUT2D eigenvalue weighted by Gasteiger charge is 2.57. The third-order valence-corrected chi connectivity index (χ3v) is 4.82. The summed E-state index contributed by atoms with van der Waals surface area (Å²) in [7, 11) is 1.61. The molecule has 3 rings (SSSR count). The number of aliphatic hydroxyl groups is 1. The number of ether oxygens (including phenoxy) is 1. The lowest BCUT2D eigenvalue weighted by molar-refractivity contribution is -0.123. The predicted octanol–water partition coefficient (Wildman–Crippen LogP) is 1.48. The molecule has 0 aromatic heterocycles. The Labute approximate surface area is 125 Å².